The van der Waals surface area contributed by atoms with Crippen molar-refractivity contribution in [2.45, 2.75) is 84.5 Å². The molecule has 0 aliphatic heterocycles. The van der Waals surface area contributed by atoms with Crippen LogP contribution in [0.25, 0.3) is 0 Å². The van der Waals surface area contributed by atoms with Crippen molar-refractivity contribution in [2.75, 3.05) is 6.61 Å². The Kier molecular flexibility index (Phi) is 10.0. The predicted octanol–water partition coefficient (Wildman–Crippen LogP) is 8.19. The molecule has 3 rings (SSSR count). The van der Waals surface area contributed by atoms with Gasteiger partial charge in [-0.15, -0.1) is 0 Å². The van der Waals surface area contributed by atoms with Crippen molar-refractivity contribution in [1.82, 2.24) is 0 Å². The molecule has 1 saturated carbocycles. The second kappa shape index (κ2) is 13.3. The van der Waals surface area contributed by atoms with E-state index in [9.17, 15) is 0 Å². The molecule has 0 heterocycles. The number of hydrogen-bond acceptors (Lipinski definition) is 1. The van der Waals surface area contributed by atoms with Crippen LogP contribution < -0.4 is 4.74 Å². The molecule has 0 unspecified atom stereocenters. The van der Waals surface area contributed by atoms with Gasteiger partial charge < -0.3 is 4.74 Å². The third-order valence-electron chi connectivity index (χ3n) is 6.65. The number of hydrogen-bond donors (Lipinski definition) is 0. The number of unbranched alkanes of at least 4 members (excludes halogenated alkanes) is 3. The third-order valence-corrected chi connectivity index (χ3v) is 6.65. The highest BCUT2D eigenvalue weighted by molar-refractivity contribution is 5.44. The monoisotopic (exact) mass is 416 g/mol. The molecule has 0 aromatic heterocycles. The molecule has 1 nitrogen and oxygen atoms in total. The quantitative estimate of drug-likeness (QED) is 0.280. The van der Waals surface area contributed by atoms with E-state index < -0.39 is 0 Å². The summed E-state index contributed by atoms with van der Waals surface area (Å²) in [5.74, 6) is 9.22. The van der Waals surface area contributed by atoms with E-state index in [0.717, 1.165) is 35.3 Å². The van der Waals surface area contributed by atoms with Gasteiger partial charge in [0.15, 0.2) is 0 Å². The largest absolute Gasteiger partial charge is 0.493 e. The SMILES string of the molecule is CCCCCc1ccc(C#Cc2ccc(OC[C@H]3CC[C@H](CCCC)CC3)cc2)cc1. The van der Waals surface area contributed by atoms with Crippen molar-refractivity contribution >= 4 is 0 Å². The Morgan fingerprint density at radius 1 is 0.710 bits per heavy atom. The van der Waals surface area contributed by atoms with Crippen LogP contribution in [-0.2, 0) is 6.42 Å². The molecule has 0 amide bonds. The fraction of sp³-hybridized carbons (Fsp3) is 0.533. The maximum Gasteiger partial charge on any atom is 0.119 e. The van der Waals surface area contributed by atoms with Crippen molar-refractivity contribution in [3.8, 4) is 17.6 Å². The lowest BCUT2D eigenvalue weighted by Gasteiger charge is -2.28. The molecule has 31 heavy (non-hydrogen) atoms. The summed E-state index contributed by atoms with van der Waals surface area (Å²) >= 11 is 0. The number of rotatable bonds is 10. The van der Waals surface area contributed by atoms with E-state index >= 15 is 0 Å². The highest BCUT2D eigenvalue weighted by atomic mass is 16.5. The summed E-state index contributed by atoms with van der Waals surface area (Å²) in [7, 11) is 0. The fourth-order valence-electron chi connectivity index (χ4n) is 4.51. The van der Waals surface area contributed by atoms with Crippen LogP contribution >= 0.6 is 0 Å². The Morgan fingerprint density at radius 2 is 1.29 bits per heavy atom. The average molecular weight is 417 g/mol. The van der Waals surface area contributed by atoms with Crippen LogP contribution in [-0.4, -0.2) is 6.61 Å². The maximum absolute atomic E-state index is 6.08. The molecule has 0 N–H and O–H groups in total. The van der Waals surface area contributed by atoms with Crippen LogP contribution in [0.1, 0.15) is 94.7 Å². The van der Waals surface area contributed by atoms with E-state index in [2.05, 4.69) is 74.2 Å². The zero-order valence-corrected chi connectivity index (χ0v) is 19.7. The Balaban J connectivity index is 1.42. The molecule has 1 fully saturated rings. The first-order valence-electron chi connectivity index (χ1n) is 12.6. The maximum atomic E-state index is 6.08. The van der Waals surface area contributed by atoms with Gasteiger partial charge in [0.25, 0.3) is 0 Å². The molecule has 1 aliphatic carbocycles. The van der Waals surface area contributed by atoms with Crippen LogP contribution in [0.5, 0.6) is 5.75 Å². The normalized spacial score (nSPS) is 18.3. The van der Waals surface area contributed by atoms with Crippen LogP contribution in [0, 0.1) is 23.7 Å². The van der Waals surface area contributed by atoms with Crippen LogP contribution in [0.2, 0.25) is 0 Å². The van der Waals surface area contributed by atoms with E-state index in [-0.39, 0.29) is 0 Å². The fourth-order valence-corrected chi connectivity index (χ4v) is 4.51. The first kappa shape index (κ1) is 23.5. The van der Waals surface area contributed by atoms with Gasteiger partial charge in [-0.2, -0.15) is 0 Å². The zero-order valence-electron chi connectivity index (χ0n) is 19.7. The second-order valence-corrected chi connectivity index (χ2v) is 9.27. The minimum absolute atomic E-state index is 0.724. The standard InChI is InChI=1S/C30H40O/c1-3-5-7-9-26-10-12-27(13-11-26)14-15-28-20-22-30(23-21-28)31-24-29-18-16-25(17-19-29)8-6-4-2/h10-13,20-23,25,29H,3-9,16-19,24H2,1-2H3/t25-,29-. The second-order valence-electron chi connectivity index (χ2n) is 9.27. The summed E-state index contributed by atoms with van der Waals surface area (Å²) in [6, 6.07) is 17.0. The Morgan fingerprint density at radius 3 is 1.90 bits per heavy atom. The Bertz CT molecular complexity index is 798. The van der Waals surface area contributed by atoms with Crippen molar-refractivity contribution in [1.29, 1.82) is 0 Å². The average Bonchev–Trinajstić information content (AvgIpc) is 2.82. The van der Waals surface area contributed by atoms with E-state index in [1.807, 2.05) is 0 Å². The molecular formula is C30H40O. The molecule has 166 valence electrons. The lowest BCUT2D eigenvalue weighted by atomic mass is 9.80. The molecule has 2 aromatic carbocycles. The molecule has 0 saturated heterocycles. The van der Waals surface area contributed by atoms with Crippen LogP contribution in [0.15, 0.2) is 48.5 Å². The van der Waals surface area contributed by atoms with E-state index in [1.54, 1.807) is 0 Å². The van der Waals surface area contributed by atoms with E-state index in [1.165, 1.54) is 76.2 Å². The minimum Gasteiger partial charge on any atom is -0.493 e. The first-order valence-corrected chi connectivity index (χ1v) is 12.6. The van der Waals surface area contributed by atoms with E-state index in [4.69, 9.17) is 4.74 Å². The number of benzene rings is 2. The summed E-state index contributed by atoms with van der Waals surface area (Å²) in [5.41, 5.74) is 3.53. The molecule has 0 spiro atoms. The Labute approximate surface area is 190 Å². The minimum atomic E-state index is 0.724. The van der Waals surface area contributed by atoms with Crippen LogP contribution in [0.3, 0.4) is 0 Å². The first-order chi connectivity index (χ1) is 15.3. The smallest absolute Gasteiger partial charge is 0.119 e. The molecular weight excluding hydrogens is 376 g/mol. The third kappa shape index (κ3) is 8.45. The summed E-state index contributed by atoms with van der Waals surface area (Å²) in [6.07, 6.45) is 14.6. The van der Waals surface area contributed by atoms with Gasteiger partial charge in [0.1, 0.15) is 5.75 Å². The highest BCUT2D eigenvalue weighted by Gasteiger charge is 2.21. The van der Waals surface area contributed by atoms with Crippen LogP contribution in [0.4, 0.5) is 0 Å². The molecule has 2 aromatic rings. The zero-order chi connectivity index (χ0) is 21.7. The number of ether oxygens (including phenoxy) is 1. The van der Waals surface area contributed by atoms with Crippen molar-refractivity contribution in [3.05, 3.63) is 65.2 Å². The summed E-state index contributed by atoms with van der Waals surface area (Å²) in [4.78, 5) is 0. The summed E-state index contributed by atoms with van der Waals surface area (Å²) < 4.78 is 6.08. The Hall–Kier alpha value is -2.20. The molecule has 1 aliphatic rings. The van der Waals surface area contributed by atoms with Crippen molar-refractivity contribution in [2.24, 2.45) is 11.8 Å². The molecule has 0 bridgehead atoms. The lowest BCUT2D eigenvalue weighted by molar-refractivity contribution is 0.178. The van der Waals surface area contributed by atoms with Gasteiger partial charge >= 0.3 is 0 Å². The topological polar surface area (TPSA) is 9.23 Å². The highest BCUT2D eigenvalue weighted by Crippen LogP contribution is 2.32. The van der Waals surface area contributed by atoms with Gasteiger partial charge in [-0.1, -0.05) is 82.8 Å². The molecule has 0 radical (unpaired) electrons. The molecule has 1 heteroatoms. The van der Waals surface area contributed by atoms with Gasteiger partial charge in [-0.25, -0.2) is 0 Å². The van der Waals surface area contributed by atoms with Gasteiger partial charge in [-0.05, 0) is 79.5 Å². The van der Waals surface area contributed by atoms with E-state index in [0.29, 0.717) is 0 Å². The molecule has 0 atom stereocenters. The predicted molar refractivity (Wildman–Crippen MR) is 133 cm³/mol. The van der Waals surface area contributed by atoms with Gasteiger partial charge in [-0.3, -0.25) is 0 Å². The summed E-state index contributed by atoms with van der Waals surface area (Å²) in [5, 5.41) is 0. The van der Waals surface area contributed by atoms with Crippen molar-refractivity contribution in [3.63, 3.8) is 0 Å². The van der Waals surface area contributed by atoms with Gasteiger partial charge in [0.05, 0.1) is 6.61 Å². The van der Waals surface area contributed by atoms with Crippen molar-refractivity contribution < 1.29 is 4.74 Å². The lowest BCUT2D eigenvalue weighted by Crippen LogP contribution is -2.20. The van der Waals surface area contributed by atoms with Gasteiger partial charge in [0.2, 0.25) is 0 Å². The van der Waals surface area contributed by atoms with Gasteiger partial charge in [0, 0.05) is 11.1 Å². The number of aryl methyl sites for hydroxylation is 1. The summed E-state index contributed by atoms with van der Waals surface area (Å²) in [6.45, 7) is 5.40.